The summed E-state index contributed by atoms with van der Waals surface area (Å²) >= 11 is 0. The fourth-order valence-corrected chi connectivity index (χ4v) is 4.25. The standard InChI is InChI=1S/C25H30N2O6/c1-16(2)13-22(24(31)27(11-12-28)14-23(29)30)26-25(32)33-15-21-19-9-5-3-7-17(19)18-8-4-6-10-20(18)21/h3-10,16,21-22,28H,11-15H2,1-2H3,(H,26,32)(H,29,30). The van der Waals surface area contributed by atoms with E-state index >= 15 is 0 Å². The molecule has 0 saturated heterocycles. The highest BCUT2D eigenvalue weighted by Crippen LogP contribution is 2.44. The van der Waals surface area contributed by atoms with Gasteiger partial charge in [-0.3, -0.25) is 9.59 Å². The molecule has 1 unspecified atom stereocenters. The minimum Gasteiger partial charge on any atom is -0.480 e. The lowest BCUT2D eigenvalue weighted by molar-refractivity contribution is -0.145. The molecule has 0 spiro atoms. The molecule has 3 N–H and O–H groups in total. The van der Waals surface area contributed by atoms with Crippen LogP contribution in [0.25, 0.3) is 11.1 Å². The van der Waals surface area contributed by atoms with Crippen LogP contribution in [0.4, 0.5) is 4.79 Å². The van der Waals surface area contributed by atoms with Gasteiger partial charge in [0.15, 0.2) is 0 Å². The van der Waals surface area contributed by atoms with E-state index in [1.54, 1.807) is 0 Å². The molecule has 0 radical (unpaired) electrons. The van der Waals surface area contributed by atoms with Crippen LogP contribution in [-0.2, 0) is 14.3 Å². The number of nitrogens with zero attached hydrogens (tertiary/aromatic N) is 1. The van der Waals surface area contributed by atoms with Crippen molar-refractivity contribution in [3.63, 3.8) is 0 Å². The van der Waals surface area contributed by atoms with Crippen molar-refractivity contribution >= 4 is 18.0 Å². The van der Waals surface area contributed by atoms with Gasteiger partial charge in [-0.2, -0.15) is 0 Å². The fraction of sp³-hybridized carbons (Fsp3) is 0.400. The van der Waals surface area contributed by atoms with Crippen LogP contribution in [0, 0.1) is 5.92 Å². The van der Waals surface area contributed by atoms with Gasteiger partial charge in [0.05, 0.1) is 6.61 Å². The lowest BCUT2D eigenvalue weighted by Gasteiger charge is -2.27. The van der Waals surface area contributed by atoms with Gasteiger partial charge < -0.3 is 25.2 Å². The molecule has 1 aliphatic rings. The first kappa shape index (κ1) is 24.3. The van der Waals surface area contributed by atoms with E-state index in [2.05, 4.69) is 5.32 Å². The summed E-state index contributed by atoms with van der Waals surface area (Å²) in [5, 5.41) is 20.9. The maximum absolute atomic E-state index is 12.9. The Hall–Kier alpha value is -3.39. The molecule has 0 fully saturated rings. The van der Waals surface area contributed by atoms with E-state index in [4.69, 9.17) is 9.84 Å². The Labute approximate surface area is 193 Å². The quantitative estimate of drug-likeness (QED) is 0.508. The van der Waals surface area contributed by atoms with Gasteiger partial charge >= 0.3 is 12.1 Å². The number of carboxylic acids is 1. The van der Waals surface area contributed by atoms with Crippen molar-refractivity contribution in [3.05, 3.63) is 59.7 Å². The normalized spacial score (nSPS) is 13.2. The predicted molar refractivity (Wildman–Crippen MR) is 123 cm³/mol. The molecule has 0 bridgehead atoms. The number of hydrogen-bond donors (Lipinski definition) is 3. The number of ether oxygens (including phenoxy) is 1. The number of carbonyl (C=O) groups is 3. The van der Waals surface area contributed by atoms with Crippen molar-refractivity contribution in [1.29, 1.82) is 0 Å². The third kappa shape index (κ3) is 5.90. The largest absolute Gasteiger partial charge is 0.480 e. The molecule has 1 aliphatic carbocycles. The number of hydrogen-bond acceptors (Lipinski definition) is 5. The van der Waals surface area contributed by atoms with Crippen molar-refractivity contribution in [1.82, 2.24) is 10.2 Å². The summed E-state index contributed by atoms with van der Waals surface area (Å²) in [4.78, 5) is 37.7. The van der Waals surface area contributed by atoms with Gasteiger partial charge in [0.25, 0.3) is 0 Å². The Kier molecular flexibility index (Phi) is 8.06. The Morgan fingerprint density at radius 3 is 2.12 bits per heavy atom. The van der Waals surface area contributed by atoms with Crippen LogP contribution in [0.2, 0.25) is 0 Å². The third-order valence-electron chi connectivity index (χ3n) is 5.65. The van der Waals surface area contributed by atoms with E-state index in [0.717, 1.165) is 27.2 Å². The lowest BCUT2D eigenvalue weighted by atomic mass is 9.98. The van der Waals surface area contributed by atoms with Gasteiger partial charge in [-0.1, -0.05) is 62.4 Å². The van der Waals surface area contributed by atoms with Crippen LogP contribution in [0.5, 0.6) is 0 Å². The number of aliphatic carboxylic acids is 1. The number of carboxylic acid groups (broad SMARTS) is 1. The number of aliphatic hydroxyl groups excluding tert-OH is 1. The van der Waals surface area contributed by atoms with Crippen LogP contribution >= 0.6 is 0 Å². The van der Waals surface area contributed by atoms with E-state index in [1.807, 2.05) is 62.4 Å². The van der Waals surface area contributed by atoms with E-state index < -0.39 is 30.6 Å². The van der Waals surface area contributed by atoms with Crippen molar-refractivity contribution in [3.8, 4) is 11.1 Å². The third-order valence-corrected chi connectivity index (χ3v) is 5.65. The minimum atomic E-state index is -1.19. The molecule has 8 nitrogen and oxygen atoms in total. The van der Waals surface area contributed by atoms with Crippen LogP contribution < -0.4 is 5.32 Å². The maximum atomic E-state index is 12.9. The molecule has 8 heteroatoms. The number of aliphatic hydroxyl groups is 1. The van der Waals surface area contributed by atoms with Crippen LogP contribution in [-0.4, -0.2) is 65.4 Å². The van der Waals surface area contributed by atoms with Crippen molar-refractivity contribution in [2.75, 3.05) is 26.3 Å². The molecule has 0 aliphatic heterocycles. The molecule has 2 aromatic rings. The van der Waals surface area contributed by atoms with Gasteiger partial charge in [0, 0.05) is 12.5 Å². The van der Waals surface area contributed by atoms with E-state index in [1.165, 1.54) is 0 Å². The van der Waals surface area contributed by atoms with Crippen LogP contribution in [0.15, 0.2) is 48.5 Å². The van der Waals surface area contributed by atoms with Crippen molar-refractivity contribution in [2.24, 2.45) is 5.92 Å². The minimum absolute atomic E-state index is 0.0636. The molecule has 0 aromatic heterocycles. The SMILES string of the molecule is CC(C)CC(NC(=O)OCC1c2ccccc2-c2ccccc21)C(=O)N(CCO)CC(=O)O. The maximum Gasteiger partial charge on any atom is 0.407 e. The number of nitrogens with one attached hydrogen (secondary N) is 1. The summed E-state index contributed by atoms with van der Waals surface area (Å²) in [5.74, 6) is -1.80. The highest BCUT2D eigenvalue weighted by molar-refractivity contribution is 5.88. The Morgan fingerprint density at radius 1 is 1.03 bits per heavy atom. The molecular formula is C25H30N2O6. The summed E-state index contributed by atoms with van der Waals surface area (Å²) in [6.45, 7) is 2.84. The van der Waals surface area contributed by atoms with Gasteiger partial charge in [-0.25, -0.2) is 4.79 Å². The predicted octanol–water partition coefficient (Wildman–Crippen LogP) is 2.85. The van der Waals surface area contributed by atoms with Crippen molar-refractivity contribution in [2.45, 2.75) is 32.2 Å². The number of carbonyl (C=O) groups excluding carboxylic acids is 2. The summed E-state index contributed by atoms with van der Waals surface area (Å²) in [6, 6.07) is 15.0. The lowest BCUT2D eigenvalue weighted by Crippen LogP contribution is -2.51. The molecule has 176 valence electrons. The first-order valence-corrected chi connectivity index (χ1v) is 11.0. The van der Waals surface area contributed by atoms with Crippen LogP contribution in [0.3, 0.4) is 0 Å². The summed E-state index contributed by atoms with van der Waals surface area (Å²) in [5.41, 5.74) is 4.39. The average Bonchev–Trinajstić information content (AvgIpc) is 3.09. The molecule has 2 aromatic carbocycles. The Morgan fingerprint density at radius 2 is 1.61 bits per heavy atom. The van der Waals surface area contributed by atoms with Crippen molar-refractivity contribution < 1.29 is 29.3 Å². The smallest absolute Gasteiger partial charge is 0.407 e. The van der Waals surface area contributed by atoms with Gasteiger partial charge in [0.2, 0.25) is 5.91 Å². The monoisotopic (exact) mass is 454 g/mol. The second kappa shape index (κ2) is 11.0. The van der Waals surface area contributed by atoms with Gasteiger partial charge in [-0.15, -0.1) is 0 Å². The number of fused-ring (bicyclic) bond motifs is 3. The zero-order valence-corrected chi connectivity index (χ0v) is 18.9. The first-order chi connectivity index (χ1) is 15.8. The highest BCUT2D eigenvalue weighted by Gasteiger charge is 2.31. The Bertz CT molecular complexity index is 960. The molecule has 0 saturated carbocycles. The van der Waals surface area contributed by atoms with E-state index in [0.29, 0.717) is 6.42 Å². The topological polar surface area (TPSA) is 116 Å². The van der Waals surface area contributed by atoms with Gasteiger partial charge in [-0.05, 0) is 34.6 Å². The molecule has 1 atom stereocenters. The molecule has 33 heavy (non-hydrogen) atoms. The summed E-state index contributed by atoms with van der Waals surface area (Å²) in [6.07, 6.45) is -0.431. The van der Waals surface area contributed by atoms with E-state index in [-0.39, 0.29) is 31.6 Å². The number of benzene rings is 2. The zero-order chi connectivity index (χ0) is 24.0. The summed E-state index contributed by atoms with van der Waals surface area (Å²) in [7, 11) is 0. The van der Waals surface area contributed by atoms with Gasteiger partial charge in [0.1, 0.15) is 19.2 Å². The summed E-state index contributed by atoms with van der Waals surface area (Å²) < 4.78 is 5.54. The van der Waals surface area contributed by atoms with E-state index in [9.17, 15) is 19.5 Å². The molecule has 0 heterocycles. The number of alkyl carbamates (subject to hydrolysis) is 1. The zero-order valence-electron chi connectivity index (χ0n) is 18.9. The molecule has 2 amide bonds. The number of amides is 2. The molecule has 3 rings (SSSR count). The molecular weight excluding hydrogens is 424 g/mol. The average molecular weight is 455 g/mol. The second-order valence-corrected chi connectivity index (χ2v) is 8.53. The number of rotatable bonds is 10. The Balaban J connectivity index is 1.70. The first-order valence-electron chi connectivity index (χ1n) is 11.0. The highest BCUT2D eigenvalue weighted by atomic mass is 16.5. The van der Waals surface area contributed by atoms with Crippen LogP contribution in [0.1, 0.15) is 37.3 Å². The second-order valence-electron chi connectivity index (χ2n) is 8.53. The fourth-order valence-electron chi connectivity index (χ4n) is 4.25.